The van der Waals surface area contributed by atoms with E-state index in [2.05, 4.69) is 9.84 Å². The number of carbonyl (C=O) groups excluding carboxylic acids is 1. The number of esters is 1. The van der Waals surface area contributed by atoms with E-state index in [0.717, 1.165) is 5.56 Å². The average Bonchev–Trinajstić information content (AvgIpc) is 2.93. The molecule has 0 saturated heterocycles. The lowest BCUT2D eigenvalue weighted by molar-refractivity contribution is 0.0595. The summed E-state index contributed by atoms with van der Waals surface area (Å²) in [6.45, 7) is 1.18. The molecule has 0 bridgehead atoms. The van der Waals surface area contributed by atoms with Gasteiger partial charge >= 0.3 is 5.97 Å². The number of nitrogens with zero attached hydrogens (tertiary/aromatic N) is 2. The third kappa shape index (κ3) is 3.03. The Morgan fingerprint density at radius 2 is 2.15 bits per heavy atom. The molecule has 0 spiro atoms. The maximum atomic E-state index is 13.8. The second kappa shape index (κ2) is 6.29. The van der Waals surface area contributed by atoms with E-state index in [0.29, 0.717) is 18.7 Å². The molecule has 6 heteroatoms. The average molecular weight is 278 g/mol. The molecule has 106 valence electrons. The summed E-state index contributed by atoms with van der Waals surface area (Å²) < 4.78 is 25.0. The molecule has 2 aromatic rings. The number of aromatic nitrogens is 2. The fraction of sp³-hybridized carbons (Fsp3) is 0.286. The Morgan fingerprint density at radius 3 is 2.80 bits per heavy atom. The zero-order valence-electron chi connectivity index (χ0n) is 11.3. The zero-order chi connectivity index (χ0) is 14.5. The fourth-order valence-electron chi connectivity index (χ4n) is 1.79. The van der Waals surface area contributed by atoms with Gasteiger partial charge in [-0.15, -0.1) is 0 Å². The van der Waals surface area contributed by atoms with Crippen LogP contribution in [0.5, 0.6) is 0 Å². The molecule has 2 rings (SSSR count). The van der Waals surface area contributed by atoms with Crippen molar-refractivity contribution in [1.29, 1.82) is 0 Å². The van der Waals surface area contributed by atoms with Gasteiger partial charge < -0.3 is 9.47 Å². The van der Waals surface area contributed by atoms with Crippen LogP contribution in [0.1, 0.15) is 10.4 Å². The summed E-state index contributed by atoms with van der Waals surface area (Å²) in [5.74, 6) is -1.30. The summed E-state index contributed by atoms with van der Waals surface area (Å²) in [6.07, 6.45) is 3.44. The van der Waals surface area contributed by atoms with Gasteiger partial charge in [0.2, 0.25) is 0 Å². The van der Waals surface area contributed by atoms with Gasteiger partial charge in [-0.25, -0.2) is 9.18 Å². The van der Waals surface area contributed by atoms with Crippen LogP contribution in [0.15, 0.2) is 30.6 Å². The molecule has 0 unspecified atom stereocenters. The summed E-state index contributed by atoms with van der Waals surface area (Å²) in [7, 11) is 2.83. The molecular formula is C14H15FN2O3. The molecule has 0 radical (unpaired) electrons. The molecule has 20 heavy (non-hydrogen) atoms. The summed E-state index contributed by atoms with van der Waals surface area (Å²) in [6, 6.07) is 4.36. The van der Waals surface area contributed by atoms with Crippen molar-refractivity contribution in [2.75, 3.05) is 20.8 Å². The Balaban J connectivity index is 2.23. The lowest BCUT2D eigenvalue weighted by Crippen LogP contribution is -2.04. The third-order valence-electron chi connectivity index (χ3n) is 2.87. The van der Waals surface area contributed by atoms with Crippen molar-refractivity contribution in [2.24, 2.45) is 0 Å². The highest BCUT2D eigenvalue weighted by atomic mass is 19.1. The number of hydrogen-bond acceptors (Lipinski definition) is 4. The summed E-state index contributed by atoms with van der Waals surface area (Å²) in [5, 5.41) is 4.16. The molecule has 1 heterocycles. The molecule has 0 aliphatic carbocycles. The molecule has 5 nitrogen and oxygen atoms in total. The van der Waals surface area contributed by atoms with Crippen LogP contribution >= 0.6 is 0 Å². The van der Waals surface area contributed by atoms with E-state index in [9.17, 15) is 9.18 Å². The van der Waals surface area contributed by atoms with Gasteiger partial charge in [-0.2, -0.15) is 5.10 Å². The quantitative estimate of drug-likeness (QED) is 0.786. The van der Waals surface area contributed by atoms with E-state index in [4.69, 9.17) is 4.74 Å². The van der Waals surface area contributed by atoms with Crippen molar-refractivity contribution in [3.8, 4) is 11.1 Å². The van der Waals surface area contributed by atoms with Gasteiger partial charge in [0, 0.05) is 18.9 Å². The lowest BCUT2D eigenvalue weighted by atomic mass is 10.1. The van der Waals surface area contributed by atoms with Gasteiger partial charge in [-0.05, 0) is 17.7 Å². The highest BCUT2D eigenvalue weighted by molar-refractivity contribution is 5.90. The molecular weight excluding hydrogens is 263 g/mol. The van der Waals surface area contributed by atoms with Crippen molar-refractivity contribution in [3.63, 3.8) is 0 Å². The van der Waals surface area contributed by atoms with Crippen LogP contribution < -0.4 is 0 Å². The maximum absolute atomic E-state index is 13.8. The van der Waals surface area contributed by atoms with Gasteiger partial charge in [0.1, 0.15) is 5.82 Å². The number of benzene rings is 1. The Bertz CT molecular complexity index is 610. The van der Waals surface area contributed by atoms with Crippen LogP contribution in [0.3, 0.4) is 0 Å². The molecule has 0 N–H and O–H groups in total. The van der Waals surface area contributed by atoms with Crippen molar-refractivity contribution in [2.45, 2.75) is 6.54 Å². The molecule has 1 aromatic carbocycles. The first-order chi connectivity index (χ1) is 9.65. The number of ether oxygens (including phenoxy) is 2. The van der Waals surface area contributed by atoms with Gasteiger partial charge in [-0.1, -0.05) is 6.07 Å². The highest BCUT2D eigenvalue weighted by Gasteiger charge is 2.13. The fourth-order valence-corrected chi connectivity index (χ4v) is 1.79. The lowest BCUT2D eigenvalue weighted by Gasteiger charge is -2.03. The zero-order valence-corrected chi connectivity index (χ0v) is 11.3. The minimum Gasteiger partial charge on any atom is -0.465 e. The smallest absolute Gasteiger partial charge is 0.340 e. The molecule has 0 atom stereocenters. The third-order valence-corrected chi connectivity index (χ3v) is 2.87. The Kier molecular flexibility index (Phi) is 4.47. The summed E-state index contributed by atoms with van der Waals surface area (Å²) >= 11 is 0. The van der Waals surface area contributed by atoms with Crippen LogP contribution in [0.25, 0.3) is 11.1 Å². The molecule has 0 fully saturated rings. The normalized spacial score (nSPS) is 10.6. The van der Waals surface area contributed by atoms with Crippen molar-refractivity contribution >= 4 is 5.97 Å². The van der Waals surface area contributed by atoms with Gasteiger partial charge in [0.05, 0.1) is 32.0 Å². The van der Waals surface area contributed by atoms with Crippen LogP contribution in [-0.4, -0.2) is 36.6 Å². The number of carbonyl (C=O) groups is 1. The predicted octanol–water partition coefficient (Wildman–Crippen LogP) is 2.12. The Hall–Kier alpha value is -2.21. The molecule has 0 amide bonds. The summed E-state index contributed by atoms with van der Waals surface area (Å²) in [4.78, 5) is 11.3. The first-order valence-corrected chi connectivity index (χ1v) is 6.05. The van der Waals surface area contributed by atoms with Crippen molar-refractivity contribution in [3.05, 3.63) is 42.0 Å². The second-order valence-electron chi connectivity index (χ2n) is 4.17. The van der Waals surface area contributed by atoms with Crippen molar-refractivity contribution < 1.29 is 18.7 Å². The predicted molar refractivity (Wildman–Crippen MR) is 70.8 cm³/mol. The number of methoxy groups -OCH3 is 2. The van der Waals surface area contributed by atoms with E-state index in [1.165, 1.54) is 19.2 Å². The van der Waals surface area contributed by atoms with E-state index >= 15 is 0 Å². The standard InChI is InChI=1S/C14H15FN2O3/c1-19-6-5-17-9-11(8-16-17)10-3-4-12(13(15)7-10)14(18)20-2/h3-4,7-9H,5-6H2,1-2H3. The van der Waals surface area contributed by atoms with Crippen LogP contribution in [0.4, 0.5) is 4.39 Å². The first kappa shape index (κ1) is 14.2. The second-order valence-corrected chi connectivity index (χ2v) is 4.17. The Morgan fingerprint density at radius 1 is 1.35 bits per heavy atom. The topological polar surface area (TPSA) is 53.4 Å². The van der Waals surface area contributed by atoms with Gasteiger partial charge in [0.15, 0.2) is 0 Å². The maximum Gasteiger partial charge on any atom is 0.340 e. The van der Waals surface area contributed by atoms with Crippen LogP contribution in [-0.2, 0) is 16.0 Å². The van der Waals surface area contributed by atoms with Gasteiger partial charge in [-0.3, -0.25) is 4.68 Å². The summed E-state index contributed by atoms with van der Waals surface area (Å²) in [5.41, 5.74) is 1.35. The molecule has 0 aliphatic heterocycles. The number of halogens is 1. The van der Waals surface area contributed by atoms with Crippen LogP contribution in [0, 0.1) is 5.82 Å². The Labute approximate surface area is 115 Å². The largest absolute Gasteiger partial charge is 0.465 e. The first-order valence-electron chi connectivity index (χ1n) is 6.05. The molecule has 0 aliphatic rings. The highest BCUT2D eigenvalue weighted by Crippen LogP contribution is 2.21. The van der Waals surface area contributed by atoms with Gasteiger partial charge in [0.25, 0.3) is 0 Å². The molecule has 0 saturated carbocycles. The minimum absolute atomic E-state index is 0.0805. The monoisotopic (exact) mass is 278 g/mol. The SMILES string of the molecule is COCCn1cc(-c2ccc(C(=O)OC)c(F)c2)cn1. The van der Waals surface area contributed by atoms with Crippen molar-refractivity contribution in [1.82, 2.24) is 9.78 Å². The van der Waals surface area contributed by atoms with E-state index < -0.39 is 11.8 Å². The van der Waals surface area contributed by atoms with Crippen LogP contribution in [0.2, 0.25) is 0 Å². The number of hydrogen-bond donors (Lipinski definition) is 0. The van der Waals surface area contributed by atoms with E-state index in [-0.39, 0.29) is 5.56 Å². The molecule has 1 aromatic heterocycles. The minimum atomic E-state index is -0.690. The number of rotatable bonds is 5. The van der Waals surface area contributed by atoms with E-state index in [1.807, 2.05) is 0 Å². The van der Waals surface area contributed by atoms with E-state index in [1.54, 1.807) is 30.3 Å².